The first kappa shape index (κ1) is 12.2. The summed E-state index contributed by atoms with van der Waals surface area (Å²) in [5, 5.41) is 2.80. The summed E-state index contributed by atoms with van der Waals surface area (Å²) in [6, 6.07) is 6.16. The molecular weight excluding hydrogens is 254 g/mol. The molecule has 1 N–H and O–H groups in total. The summed E-state index contributed by atoms with van der Waals surface area (Å²) in [6.07, 6.45) is 1.38. The van der Waals surface area contributed by atoms with Crippen LogP contribution in [0.3, 0.4) is 0 Å². The van der Waals surface area contributed by atoms with Crippen molar-refractivity contribution in [3.63, 3.8) is 0 Å². The van der Waals surface area contributed by atoms with E-state index in [1.807, 2.05) is 13.0 Å². The van der Waals surface area contributed by atoms with Gasteiger partial charge in [-0.05, 0) is 43.5 Å². The average molecular weight is 270 g/mol. The van der Waals surface area contributed by atoms with Crippen molar-refractivity contribution in [3.05, 3.63) is 33.8 Å². The molecule has 0 heterocycles. The summed E-state index contributed by atoms with van der Waals surface area (Å²) in [7, 11) is 0. The molecule has 0 spiro atoms. The normalized spacial score (nSPS) is 10.1. The number of nitrogens with one attached hydrogen (secondary N) is 1. The largest absolute Gasteiger partial charge is 0.356 e. The third-order valence-corrected chi connectivity index (χ3v) is 2.79. The molecule has 0 bridgehead atoms. The Morgan fingerprint density at radius 3 is 2.80 bits per heavy atom. The second-order valence-electron chi connectivity index (χ2n) is 3.52. The van der Waals surface area contributed by atoms with Crippen molar-refractivity contribution in [2.24, 2.45) is 0 Å². The van der Waals surface area contributed by atoms with Gasteiger partial charge in [-0.2, -0.15) is 0 Å². The lowest BCUT2D eigenvalue weighted by molar-refractivity contribution is -0.120. The van der Waals surface area contributed by atoms with Gasteiger partial charge in [0.05, 0.1) is 0 Å². The lowest BCUT2D eigenvalue weighted by Gasteiger charge is -2.06. The van der Waals surface area contributed by atoms with E-state index in [0.717, 1.165) is 10.9 Å². The highest BCUT2D eigenvalue weighted by Crippen LogP contribution is 2.16. The van der Waals surface area contributed by atoms with E-state index in [-0.39, 0.29) is 5.91 Å². The summed E-state index contributed by atoms with van der Waals surface area (Å²) in [5.41, 5.74) is 2.47. The molecule has 1 aromatic rings. The minimum Gasteiger partial charge on any atom is -0.356 e. The molecule has 0 saturated heterocycles. The second kappa shape index (κ2) is 5.91. The van der Waals surface area contributed by atoms with Crippen LogP contribution < -0.4 is 5.32 Å². The van der Waals surface area contributed by atoms with Crippen molar-refractivity contribution in [2.75, 3.05) is 6.54 Å². The number of aryl methyl sites for hydroxylation is 2. The summed E-state index contributed by atoms with van der Waals surface area (Å²) in [5.74, 6) is 0.125. The Balaban J connectivity index is 2.54. The molecule has 3 heteroatoms. The SMILES string of the molecule is CCNC(=O)CCc1ccc(Br)cc1C. The predicted molar refractivity (Wildman–Crippen MR) is 65.9 cm³/mol. The molecule has 0 aromatic heterocycles. The molecule has 0 aliphatic carbocycles. The van der Waals surface area contributed by atoms with Crippen LogP contribution in [0.15, 0.2) is 22.7 Å². The van der Waals surface area contributed by atoms with Crippen LogP contribution in [0, 0.1) is 6.92 Å². The Kier molecular flexibility index (Phi) is 4.82. The Morgan fingerprint density at radius 2 is 2.20 bits per heavy atom. The van der Waals surface area contributed by atoms with Crippen molar-refractivity contribution in [1.29, 1.82) is 0 Å². The number of amides is 1. The summed E-state index contributed by atoms with van der Waals surface area (Å²) >= 11 is 3.42. The topological polar surface area (TPSA) is 29.1 Å². The number of rotatable bonds is 4. The van der Waals surface area contributed by atoms with Gasteiger partial charge in [0.15, 0.2) is 0 Å². The highest BCUT2D eigenvalue weighted by molar-refractivity contribution is 9.10. The van der Waals surface area contributed by atoms with Gasteiger partial charge in [-0.1, -0.05) is 22.0 Å². The van der Waals surface area contributed by atoms with Gasteiger partial charge in [0.2, 0.25) is 5.91 Å². The third-order valence-electron chi connectivity index (χ3n) is 2.30. The fourth-order valence-corrected chi connectivity index (χ4v) is 1.95. The number of halogens is 1. The summed E-state index contributed by atoms with van der Waals surface area (Å²) in [4.78, 5) is 11.3. The standard InChI is InChI=1S/C12H16BrNO/c1-3-14-12(15)7-5-10-4-6-11(13)8-9(10)2/h4,6,8H,3,5,7H2,1-2H3,(H,14,15). The maximum absolute atomic E-state index is 11.3. The van der Waals surface area contributed by atoms with Gasteiger partial charge < -0.3 is 5.32 Å². The van der Waals surface area contributed by atoms with Crippen molar-refractivity contribution < 1.29 is 4.79 Å². The van der Waals surface area contributed by atoms with Crippen LogP contribution in [0.5, 0.6) is 0 Å². The Bertz CT molecular complexity index is 349. The van der Waals surface area contributed by atoms with E-state index in [9.17, 15) is 4.79 Å². The molecule has 82 valence electrons. The van der Waals surface area contributed by atoms with Crippen LogP contribution in [-0.2, 0) is 11.2 Å². The van der Waals surface area contributed by atoms with Gasteiger partial charge >= 0.3 is 0 Å². The van der Waals surface area contributed by atoms with Crippen molar-refractivity contribution in [1.82, 2.24) is 5.32 Å². The highest BCUT2D eigenvalue weighted by atomic mass is 79.9. The molecule has 2 nitrogen and oxygen atoms in total. The molecule has 1 amide bonds. The molecular formula is C12H16BrNO. The maximum Gasteiger partial charge on any atom is 0.220 e. The predicted octanol–water partition coefficient (Wildman–Crippen LogP) is 2.83. The molecule has 1 aromatic carbocycles. The maximum atomic E-state index is 11.3. The van der Waals surface area contributed by atoms with E-state index >= 15 is 0 Å². The average Bonchev–Trinajstić information content (AvgIpc) is 2.17. The molecule has 0 radical (unpaired) electrons. The monoisotopic (exact) mass is 269 g/mol. The third kappa shape index (κ3) is 4.04. The number of carbonyl (C=O) groups is 1. The van der Waals surface area contributed by atoms with Crippen molar-refractivity contribution in [2.45, 2.75) is 26.7 Å². The van der Waals surface area contributed by atoms with Crippen LogP contribution in [0.1, 0.15) is 24.5 Å². The van der Waals surface area contributed by atoms with Gasteiger partial charge in [0.1, 0.15) is 0 Å². The molecule has 0 saturated carbocycles. The van der Waals surface area contributed by atoms with Crippen LogP contribution in [0.2, 0.25) is 0 Å². The molecule has 15 heavy (non-hydrogen) atoms. The smallest absolute Gasteiger partial charge is 0.220 e. The van der Waals surface area contributed by atoms with E-state index < -0.39 is 0 Å². The summed E-state index contributed by atoms with van der Waals surface area (Å²) in [6.45, 7) is 4.71. The first-order chi connectivity index (χ1) is 7.13. The second-order valence-corrected chi connectivity index (χ2v) is 4.44. The first-order valence-electron chi connectivity index (χ1n) is 5.15. The van der Waals surface area contributed by atoms with Gasteiger partial charge in [-0.3, -0.25) is 4.79 Å². The van der Waals surface area contributed by atoms with Crippen LogP contribution >= 0.6 is 15.9 Å². The fourth-order valence-electron chi connectivity index (χ4n) is 1.47. The highest BCUT2D eigenvalue weighted by Gasteiger charge is 2.03. The van der Waals surface area contributed by atoms with E-state index in [4.69, 9.17) is 0 Å². The number of hydrogen-bond acceptors (Lipinski definition) is 1. The van der Waals surface area contributed by atoms with E-state index in [1.54, 1.807) is 0 Å². The molecule has 0 atom stereocenters. The van der Waals surface area contributed by atoms with Crippen LogP contribution in [0.4, 0.5) is 0 Å². The lowest BCUT2D eigenvalue weighted by atomic mass is 10.0. The lowest BCUT2D eigenvalue weighted by Crippen LogP contribution is -2.22. The van der Waals surface area contributed by atoms with Gasteiger partial charge in [-0.15, -0.1) is 0 Å². The molecule has 1 rings (SSSR count). The Morgan fingerprint density at radius 1 is 1.47 bits per heavy atom. The quantitative estimate of drug-likeness (QED) is 0.895. The number of hydrogen-bond donors (Lipinski definition) is 1. The zero-order valence-corrected chi connectivity index (χ0v) is 10.7. The van der Waals surface area contributed by atoms with Crippen molar-refractivity contribution >= 4 is 21.8 Å². The fraction of sp³-hybridized carbons (Fsp3) is 0.417. The van der Waals surface area contributed by atoms with Crippen molar-refractivity contribution in [3.8, 4) is 0 Å². The van der Waals surface area contributed by atoms with Gasteiger partial charge in [-0.25, -0.2) is 0 Å². The van der Waals surface area contributed by atoms with E-state index in [0.29, 0.717) is 13.0 Å². The molecule has 0 aliphatic rings. The molecule has 0 aliphatic heterocycles. The molecule has 0 unspecified atom stereocenters. The number of carbonyl (C=O) groups excluding carboxylic acids is 1. The van der Waals surface area contributed by atoms with Gasteiger partial charge in [0, 0.05) is 17.4 Å². The van der Waals surface area contributed by atoms with Crippen LogP contribution in [-0.4, -0.2) is 12.5 Å². The zero-order valence-electron chi connectivity index (χ0n) is 9.14. The Hall–Kier alpha value is -0.830. The Labute approximate surface area is 99.2 Å². The minimum absolute atomic E-state index is 0.125. The zero-order chi connectivity index (χ0) is 11.3. The molecule has 0 fully saturated rings. The van der Waals surface area contributed by atoms with E-state index in [2.05, 4.69) is 40.3 Å². The van der Waals surface area contributed by atoms with Crippen LogP contribution in [0.25, 0.3) is 0 Å². The summed E-state index contributed by atoms with van der Waals surface area (Å²) < 4.78 is 1.08. The van der Waals surface area contributed by atoms with Gasteiger partial charge in [0.25, 0.3) is 0 Å². The number of benzene rings is 1. The minimum atomic E-state index is 0.125. The van der Waals surface area contributed by atoms with E-state index in [1.165, 1.54) is 11.1 Å². The first-order valence-corrected chi connectivity index (χ1v) is 5.94.